The number of amides is 3. The number of benzene rings is 1. The average Bonchev–Trinajstić information content (AvgIpc) is 2.54. The van der Waals surface area contributed by atoms with Crippen LogP contribution in [0.15, 0.2) is 24.3 Å². The molecule has 0 saturated carbocycles. The lowest BCUT2D eigenvalue weighted by Crippen LogP contribution is -2.30. The molecule has 8 heteroatoms. The van der Waals surface area contributed by atoms with E-state index in [2.05, 4.69) is 16.0 Å². The Kier molecular flexibility index (Phi) is 8.83. The Hall–Kier alpha value is -2.90. The molecule has 1 aromatic carbocycles. The van der Waals surface area contributed by atoms with Gasteiger partial charge in [-0.1, -0.05) is 0 Å². The van der Waals surface area contributed by atoms with Gasteiger partial charge in [-0.3, -0.25) is 19.2 Å². The second-order valence-corrected chi connectivity index (χ2v) is 6.10. The van der Waals surface area contributed by atoms with Crippen LogP contribution in [-0.4, -0.2) is 41.4 Å². The maximum atomic E-state index is 11.9. The van der Waals surface area contributed by atoms with E-state index >= 15 is 0 Å². The summed E-state index contributed by atoms with van der Waals surface area (Å²) < 4.78 is 0. The third-order valence-electron chi connectivity index (χ3n) is 3.31. The molecule has 0 heterocycles. The molecular formula is C18H25N3O5. The molecule has 26 heavy (non-hydrogen) atoms. The van der Waals surface area contributed by atoms with Crippen LogP contribution < -0.4 is 16.0 Å². The van der Waals surface area contributed by atoms with Gasteiger partial charge in [0, 0.05) is 36.7 Å². The lowest BCUT2D eigenvalue weighted by molar-refractivity contribution is -0.136. The first-order valence-corrected chi connectivity index (χ1v) is 8.47. The van der Waals surface area contributed by atoms with Gasteiger partial charge in [-0.05, 0) is 44.5 Å². The number of carboxylic acids is 1. The highest BCUT2D eigenvalue weighted by Gasteiger charge is 2.09. The summed E-state index contributed by atoms with van der Waals surface area (Å²) in [6, 6.07) is 6.35. The molecule has 142 valence electrons. The number of rotatable bonds is 10. The number of carboxylic acid groups (broad SMARTS) is 1. The van der Waals surface area contributed by atoms with Crippen LogP contribution in [0.2, 0.25) is 0 Å². The van der Waals surface area contributed by atoms with E-state index in [0.29, 0.717) is 24.1 Å². The number of aliphatic carboxylic acids is 1. The highest BCUT2D eigenvalue weighted by atomic mass is 16.4. The first-order chi connectivity index (χ1) is 12.3. The second kappa shape index (κ2) is 10.9. The normalized spacial score (nSPS) is 10.3. The van der Waals surface area contributed by atoms with Crippen molar-refractivity contribution in [1.29, 1.82) is 0 Å². The molecule has 0 spiro atoms. The van der Waals surface area contributed by atoms with Gasteiger partial charge in [-0.15, -0.1) is 0 Å². The van der Waals surface area contributed by atoms with Crippen LogP contribution in [0.3, 0.4) is 0 Å². The van der Waals surface area contributed by atoms with Crippen molar-refractivity contribution in [3.63, 3.8) is 0 Å². The van der Waals surface area contributed by atoms with E-state index in [9.17, 15) is 19.2 Å². The van der Waals surface area contributed by atoms with E-state index in [0.717, 1.165) is 0 Å². The lowest BCUT2D eigenvalue weighted by atomic mass is 10.1. The molecule has 0 aromatic heterocycles. The van der Waals surface area contributed by atoms with E-state index in [1.165, 1.54) is 0 Å². The van der Waals surface area contributed by atoms with Crippen molar-refractivity contribution < 1.29 is 24.3 Å². The summed E-state index contributed by atoms with van der Waals surface area (Å²) in [5, 5.41) is 16.5. The predicted octanol–water partition coefficient (Wildman–Crippen LogP) is 1.52. The Morgan fingerprint density at radius 1 is 0.962 bits per heavy atom. The van der Waals surface area contributed by atoms with Crippen molar-refractivity contribution in [2.75, 3.05) is 11.9 Å². The zero-order valence-corrected chi connectivity index (χ0v) is 15.0. The minimum atomic E-state index is -0.981. The van der Waals surface area contributed by atoms with Gasteiger partial charge in [0.15, 0.2) is 0 Å². The van der Waals surface area contributed by atoms with E-state index < -0.39 is 5.97 Å². The Morgan fingerprint density at radius 2 is 1.58 bits per heavy atom. The lowest BCUT2D eigenvalue weighted by Gasteiger charge is -2.09. The molecule has 3 amide bonds. The van der Waals surface area contributed by atoms with Crippen molar-refractivity contribution in [1.82, 2.24) is 10.6 Å². The van der Waals surface area contributed by atoms with E-state index in [1.807, 2.05) is 13.8 Å². The van der Waals surface area contributed by atoms with Crippen LogP contribution in [0.1, 0.15) is 49.9 Å². The monoisotopic (exact) mass is 363 g/mol. The quantitative estimate of drug-likeness (QED) is 0.502. The molecule has 0 atom stereocenters. The zero-order valence-electron chi connectivity index (χ0n) is 15.0. The summed E-state index contributed by atoms with van der Waals surface area (Å²) in [7, 11) is 0. The highest BCUT2D eigenvalue weighted by Crippen LogP contribution is 2.10. The fraction of sp³-hybridized carbons (Fsp3) is 0.444. The Labute approximate surface area is 152 Å². The van der Waals surface area contributed by atoms with Crippen molar-refractivity contribution in [3.8, 4) is 0 Å². The molecule has 0 aliphatic carbocycles. The van der Waals surface area contributed by atoms with Crippen LogP contribution in [0.5, 0.6) is 0 Å². The Bertz CT molecular complexity index is 641. The summed E-state index contributed by atoms with van der Waals surface area (Å²) in [4.78, 5) is 45.6. The number of hydrogen-bond acceptors (Lipinski definition) is 4. The maximum absolute atomic E-state index is 11.9. The molecular weight excluding hydrogens is 338 g/mol. The number of hydrogen-bond donors (Lipinski definition) is 4. The molecule has 0 bridgehead atoms. The summed E-state index contributed by atoms with van der Waals surface area (Å²) in [6.45, 7) is 3.80. The topological polar surface area (TPSA) is 125 Å². The van der Waals surface area contributed by atoms with Crippen molar-refractivity contribution in [2.24, 2.45) is 0 Å². The fourth-order valence-corrected chi connectivity index (χ4v) is 2.12. The van der Waals surface area contributed by atoms with Crippen LogP contribution in [-0.2, 0) is 14.4 Å². The van der Waals surface area contributed by atoms with Gasteiger partial charge in [-0.25, -0.2) is 0 Å². The highest BCUT2D eigenvalue weighted by molar-refractivity contribution is 5.96. The summed E-state index contributed by atoms with van der Waals surface area (Å²) in [5.41, 5.74) is 0.919. The SMILES string of the molecule is CC(C)NC(=O)CCCC(=O)Nc1ccc(C(=O)NCCC(=O)O)cc1. The van der Waals surface area contributed by atoms with Crippen molar-refractivity contribution in [2.45, 2.75) is 45.6 Å². The fourth-order valence-electron chi connectivity index (χ4n) is 2.12. The van der Waals surface area contributed by atoms with E-state index in [-0.39, 0.29) is 43.1 Å². The van der Waals surface area contributed by atoms with Crippen LogP contribution in [0.4, 0.5) is 5.69 Å². The summed E-state index contributed by atoms with van der Waals surface area (Å²) in [5.74, 6) is -1.64. The maximum Gasteiger partial charge on any atom is 0.305 e. The van der Waals surface area contributed by atoms with Crippen LogP contribution in [0.25, 0.3) is 0 Å². The molecule has 0 radical (unpaired) electrons. The van der Waals surface area contributed by atoms with Gasteiger partial charge in [0.25, 0.3) is 5.91 Å². The minimum absolute atomic E-state index is 0.0526. The molecule has 0 fully saturated rings. The second-order valence-electron chi connectivity index (χ2n) is 6.10. The van der Waals surface area contributed by atoms with E-state index in [1.54, 1.807) is 24.3 Å². The van der Waals surface area contributed by atoms with E-state index in [4.69, 9.17) is 5.11 Å². The number of anilines is 1. The molecule has 4 N–H and O–H groups in total. The molecule has 0 aliphatic heterocycles. The Morgan fingerprint density at radius 3 is 2.15 bits per heavy atom. The average molecular weight is 363 g/mol. The third-order valence-corrected chi connectivity index (χ3v) is 3.31. The number of carbonyl (C=O) groups is 4. The van der Waals surface area contributed by atoms with Crippen LogP contribution >= 0.6 is 0 Å². The molecule has 1 aromatic rings. The smallest absolute Gasteiger partial charge is 0.305 e. The standard InChI is InChI=1S/C18H25N3O5/c1-12(2)20-15(22)4-3-5-16(23)21-14-8-6-13(7-9-14)18(26)19-11-10-17(24)25/h6-9,12H,3-5,10-11H2,1-2H3,(H,19,26)(H,20,22)(H,21,23)(H,24,25). The largest absolute Gasteiger partial charge is 0.481 e. The number of carbonyl (C=O) groups excluding carboxylic acids is 3. The number of nitrogens with one attached hydrogen (secondary N) is 3. The van der Waals surface area contributed by atoms with Gasteiger partial charge >= 0.3 is 5.97 Å². The molecule has 0 aliphatic rings. The molecule has 0 unspecified atom stereocenters. The molecule has 1 rings (SSSR count). The summed E-state index contributed by atoms with van der Waals surface area (Å²) >= 11 is 0. The predicted molar refractivity (Wildman–Crippen MR) is 96.8 cm³/mol. The first-order valence-electron chi connectivity index (χ1n) is 8.47. The van der Waals surface area contributed by atoms with Gasteiger partial charge in [-0.2, -0.15) is 0 Å². The third kappa shape index (κ3) is 8.81. The van der Waals surface area contributed by atoms with Gasteiger partial charge in [0.1, 0.15) is 0 Å². The first kappa shape index (κ1) is 21.1. The van der Waals surface area contributed by atoms with Crippen molar-refractivity contribution >= 4 is 29.4 Å². The molecule has 8 nitrogen and oxygen atoms in total. The van der Waals surface area contributed by atoms with Crippen molar-refractivity contribution in [3.05, 3.63) is 29.8 Å². The van der Waals surface area contributed by atoms with Crippen LogP contribution in [0, 0.1) is 0 Å². The van der Waals surface area contributed by atoms with Gasteiger partial charge in [0.05, 0.1) is 6.42 Å². The van der Waals surface area contributed by atoms with Gasteiger partial charge in [0.2, 0.25) is 11.8 Å². The van der Waals surface area contributed by atoms with Gasteiger partial charge < -0.3 is 21.1 Å². The Balaban J connectivity index is 2.37. The zero-order chi connectivity index (χ0) is 19.5. The minimum Gasteiger partial charge on any atom is -0.481 e. The summed E-state index contributed by atoms with van der Waals surface area (Å²) in [6.07, 6.45) is 0.827. The molecule has 0 saturated heterocycles.